The normalized spacial score (nSPS) is 25.0. The summed E-state index contributed by atoms with van der Waals surface area (Å²) in [5.41, 5.74) is 0. The molecule has 0 aromatic heterocycles. The molecule has 12 unspecified atom stereocenters. The third kappa shape index (κ3) is 34.1. The van der Waals surface area contributed by atoms with E-state index in [2.05, 4.69) is 55.6 Å². The van der Waals surface area contributed by atoms with Gasteiger partial charge >= 0.3 is 0 Å². The van der Waals surface area contributed by atoms with Gasteiger partial charge in [-0.25, -0.2) is 0 Å². The standard InChI is InChI=1S/C63H115NO13/c1-3-5-7-9-11-13-15-17-19-21-22-23-24-25-26-27-28-29-30-31-33-35-37-39-41-43-45-47-55(68)64-51(52(67)46-44-42-40-38-36-34-32-20-18-16-14-12-10-8-6-4-2)50-74-62-60(73)58(71)61(54(49-66)76-62)77-63-59(72)57(70)56(69)53(48-65)75-63/h15,17,21-22,24-25,44,46,51-54,56-63,65-67,69-73H,3-14,16,18-20,23,26-43,45,47-50H2,1-2H3,(H,64,68)/b17-15-,22-21-,25-24-,46-44+. The second kappa shape index (κ2) is 48.6. The minimum Gasteiger partial charge on any atom is -0.394 e. The maximum atomic E-state index is 13.3. The minimum atomic E-state index is -1.79. The lowest BCUT2D eigenvalue weighted by atomic mass is 9.97. The number of unbranched alkanes of at least 4 members (excludes halogenated alkanes) is 31. The summed E-state index contributed by atoms with van der Waals surface area (Å²) in [6.45, 7) is 2.80. The predicted octanol–water partition coefficient (Wildman–Crippen LogP) is 11.2. The van der Waals surface area contributed by atoms with E-state index in [4.69, 9.17) is 18.9 Å². The highest BCUT2D eigenvalue weighted by Crippen LogP contribution is 2.30. The van der Waals surface area contributed by atoms with Gasteiger partial charge in [0.15, 0.2) is 12.6 Å². The van der Waals surface area contributed by atoms with Crippen molar-refractivity contribution < 1.29 is 64.6 Å². The van der Waals surface area contributed by atoms with Crippen molar-refractivity contribution in [3.63, 3.8) is 0 Å². The van der Waals surface area contributed by atoms with Gasteiger partial charge in [-0.2, -0.15) is 0 Å². The monoisotopic (exact) mass is 1090 g/mol. The molecule has 0 aromatic rings. The molecule has 14 heteroatoms. The average molecular weight is 1090 g/mol. The van der Waals surface area contributed by atoms with E-state index in [1.165, 1.54) is 173 Å². The molecule has 0 radical (unpaired) electrons. The molecular weight excluding hydrogens is 979 g/mol. The highest BCUT2D eigenvalue weighted by atomic mass is 16.7. The van der Waals surface area contributed by atoms with Crippen LogP contribution in [-0.4, -0.2) is 140 Å². The van der Waals surface area contributed by atoms with Crippen LogP contribution in [0, 0.1) is 0 Å². The number of nitrogens with one attached hydrogen (secondary N) is 1. The number of allylic oxidation sites excluding steroid dienone is 7. The Morgan fingerprint density at radius 3 is 1.31 bits per heavy atom. The lowest BCUT2D eigenvalue weighted by molar-refractivity contribution is -0.359. The van der Waals surface area contributed by atoms with Crippen molar-refractivity contribution in [1.82, 2.24) is 5.32 Å². The quantitative estimate of drug-likeness (QED) is 0.0204. The summed E-state index contributed by atoms with van der Waals surface area (Å²) in [5.74, 6) is -0.241. The third-order valence-corrected chi connectivity index (χ3v) is 15.3. The third-order valence-electron chi connectivity index (χ3n) is 15.3. The Balaban J connectivity index is 1.72. The van der Waals surface area contributed by atoms with E-state index in [9.17, 15) is 45.6 Å². The van der Waals surface area contributed by atoms with Gasteiger partial charge in [-0.3, -0.25) is 4.79 Å². The molecule has 2 aliphatic rings. The van der Waals surface area contributed by atoms with Crippen molar-refractivity contribution in [2.45, 2.75) is 325 Å². The first kappa shape index (κ1) is 71.1. The molecule has 0 aromatic carbocycles. The maximum absolute atomic E-state index is 13.3. The molecule has 2 fully saturated rings. The lowest BCUT2D eigenvalue weighted by Crippen LogP contribution is -2.65. The van der Waals surface area contributed by atoms with Crippen LogP contribution < -0.4 is 5.32 Å². The van der Waals surface area contributed by atoms with Crippen LogP contribution in [0.4, 0.5) is 0 Å². The van der Waals surface area contributed by atoms with Gasteiger partial charge in [0.2, 0.25) is 5.91 Å². The fraction of sp³-hybridized carbons (Fsp3) is 0.857. The van der Waals surface area contributed by atoms with E-state index < -0.39 is 86.8 Å². The summed E-state index contributed by atoms with van der Waals surface area (Å²) in [7, 11) is 0. The van der Waals surface area contributed by atoms with Crippen molar-refractivity contribution in [2.24, 2.45) is 0 Å². The predicted molar refractivity (Wildman–Crippen MR) is 309 cm³/mol. The second-order valence-corrected chi connectivity index (χ2v) is 22.2. The first-order valence-electron chi connectivity index (χ1n) is 31.4. The molecule has 0 bridgehead atoms. The Bertz CT molecular complexity index is 1480. The molecule has 77 heavy (non-hydrogen) atoms. The van der Waals surface area contributed by atoms with Crippen molar-refractivity contribution in [1.29, 1.82) is 0 Å². The molecule has 0 aliphatic carbocycles. The number of hydrogen-bond donors (Lipinski definition) is 9. The zero-order valence-electron chi connectivity index (χ0n) is 48.5. The summed E-state index contributed by atoms with van der Waals surface area (Å²) in [5, 5.41) is 87.2. The molecule has 12 atom stereocenters. The molecule has 2 rings (SSSR count). The number of carbonyl (C=O) groups excluding carboxylic acids is 1. The van der Waals surface area contributed by atoms with Crippen LogP contribution in [0.25, 0.3) is 0 Å². The summed E-state index contributed by atoms with van der Waals surface area (Å²) in [6, 6.07) is -0.916. The van der Waals surface area contributed by atoms with Crippen LogP contribution in [-0.2, 0) is 23.7 Å². The Morgan fingerprint density at radius 1 is 0.468 bits per heavy atom. The maximum Gasteiger partial charge on any atom is 0.220 e. The summed E-state index contributed by atoms with van der Waals surface area (Å²) in [6.07, 6.45) is 44.3. The van der Waals surface area contributed by atoms with Crippen LogP contribution in [0.2, 0.25) is 0 Å². The largest absolute Gasteiger partial charge is 0.394 e. The average Bonchev–Trinajstić information content (AvgIpc) is 3.43. The van der Waals surface area contributed by atoms with Crippen molar-refractivity contribution in [2.75, 3.05) is 19.8 Å². The number of carbonyl (C=O) groups is 1. The molecule has 9 N–H and O–H groups in total. The van der Waals surface area contributed by atoms with Gasteiger partial charge in [0.25, 0.3) is 0 Å². The smallest absolute Gasteiger partial charge is 0.220 e. The summed E-state index contributed by atoms with van der Waals surface area (Å²) >= 11 is 0. The Kier molecular flexibility index (Phi) is 44.9. The summed E-state index contributed by atoms with van der Waals surface area (Å²) < 4.78 is 22.8. The fourth-order valence-corrected chi connectivity index (χ4v) is 10.2. The van der Waals surface area contributed by atoms with Gasteiger partial charge in [0, 0.05) is 6.42 Å². The van der Waals surface area contributed by atoms with Gasteiger partial charge in [0.1, 0.15) is 48.8 Å². The summed E-state index contributed by atoms with van der Waals surface area (Å²) in [4.78, 5) is 13.3. The number of aliphatic hydroxyl groups excluding tert-OH is 8. The zero-order valence-corrected chi connectivity index (χ0v) is 48.5. The highest BCUT2D eigenvalue weighted by molar-refractivity contribution is 5.76. The number of rotatable bonds is 50. The molecule has 14 nitrogen and oxygen atoms in total. The minimum absolute atomic E-state index is 0.241. The SMILES string of the molecule is CCCCCCC/C=C\C/C=C\C/C=C\CCCCCCCCCCCCCCC(=O)NC(COC1OC(CO)C(OC2OC(CO)C(O)C(O)C2O)C(O)C1O)C(O)/C=C/CCCCCCCCCCCCCCCC. The molecule has 2 heterocycles. The van der Waals surface area contributed by atoms with Crippen LogP contribution in [0.1, 0.15) is 251 Å². The first-order chi connectivity index (χ1) is 37.6. The topological polar surface area (TPSA) is 228 Å². The molecule has 0 spiro atoms. The number of amides is 1. The van der Waals surface area contributed by atoms with E-state index in [1.54, 1.807) is 6.08 Å². The van der Waals surface area contributed by atoms with E-state index in [0.29, 0.717) is 6.42 Å². The van der Waals surface area contributed by atoms with E-state index in [-0.39, 0.29) is 18.9 Å². The van der Waals surface area contributed by atoms with Crippen molar-refractivity contribution in [3.8, 4) is 0 Å². The van der Waals surface area contributed by atoms with Crippen molar-refractivity contribution >= 4 is 5.91 Å². The molecule has 2 aliphatic heterocycles. The Hall–Kier alpha value is -2.05. The number of ether oxygens (including phenoxy) is 4. The second-order valence-electron chi connectivity index (χ2n) is 22.2. The molecule has 0 saturated carbocycles. The van der Waals surface area contributed by atoms with E-state index in [0.717, 1.165) is 51.4 Å². The Labute approximate surface area is 467 Å². The molecule has 1 amide bonds. The molecular formula is C63H115NO13. The lowest BCUT2D eigenvalue weighted by Gasteiger charge is -2.46. The molecule has 450 valence electrons. The van der Waals surface area contributed by atoms with Crippen LogP contribution in [0.15, 0.2) is 48.6 Å². The van der Waals surface area contributed by atoms with E-state index in [1.807, 2.05) is 6.08 Å². The first-order valence-corrected chi connectivity index (χ1v) is 31.4. The Morgan fingerprint density at radius 2 is 0.857 bits per heavy atom. The van der Waals surface area contributed by atoms with Crippen LogP contribution >= 0.6 is 0 Å². The fourth-order valence-electron chi connectivity index (χ4n) is 10.2. The van der Waals surface area contributed by atoms with Crippen molar-refractivity contribution in [3.05, 3.63) is 48.6 Å². The number of aliphatic hydroxyl groups is 8. The van der Waals surface area contributed by atoms with Gasteiger partial charge in [-0.05, 0) is 57.8 Å². The van der Waals surface area contributed by atoms with Crippen LogP contribution in [0.3, 0.4) is 0 Å². The highest BCUT2D eigenvalue weighted by Gasteiger charge is 2.51. The van der Waals surface area contributed by atoms with Gasteiger partial charge in [0.05, 0.1) is 32.0 Å². The van der Waals surface area contributed by atoms with Gasteiger partial charge in [-0.1, -0.05) is 236 Å². The number of hydrogen-bond acceptors (Lipinski definition) is 13. The van der Waals surface area contributed by atoms with Gasteiger partial charge < -0.3 is 65.1 Å². The molecule has 2 saturated heterocycles. The van der Waals surface area contributed by atoms with E-state index >= 15 is 0 Å². The van der Waals surface area contributed by atoms with Crippen LogP contribution in [0.5, 0.6) is 0 Å². The van der Waals surface area contributed by atoms with Gasteiger partial charge in [-0.15, -0.1) is 0 Å². The zero-order chi connectivity index (χ0) is 56.0.